The number of ether oxygens (including phenoxy) is 1. The summed E-state index contributed by atoms with van der Waals surface area (Å²) in [6, 6.07) is 2.03. The average Bonchev–Trinajstić information content (AvgIpc) is 2.36. The molecule has 0 saturated carbocycles. The number of nitrogens with one attached hydrogen (secondary N) is 1. The van der Waals surface area contributed by atoms with Gasteiger partial charge in [-0.15, -0.1) is 0 Å². The molecule has 0 saturated heterocycles. The zero-order chi connectivity index (χ0) is 14.4. The van der Waals surface area contributed by atoms with E-state index in [9.17, 15) is 4.79 Å². The molecule has 1 aromatic rings. The normalized spacial score (nSPS) is 10.9. The van der Waals surface area contributed by atoms with Gasteiger partial charge in [-0.1, -0.05) is 6.08 Å². The number of methoxy groups -OCH3 is 1. The SMILES string of the molecule is COc1cc(C)c(CNC/C=C/C(=O)O)c(C)c1C. The van der Waals surface area contributed by atoms with Crippen LogP contribution in [0.3, 0.4) is 0 Å². The summed E-state index contributed by atoms with van der Waals surface area (Å²) < 4.78 is 5.33. The highest BCUT2D eigenvalue weighted by Crippen LogP contribution is 2.27. The molecule has 0 aromatic heterocycles. The lowest BCUT2D eigenvalue weighted by Crippen LogP contribution is -2.15. The molecule has 19 heavy (non-hydrogen) atoms. The van der Waals surface area contributed by atoms with Crippen LogP contribution in [0.25, 0.3) is 0 Å². The van der Waals surface area contributed by atoms with E-state index in [0.717, 1.165) is 17.4 Å². The van der Waals surface area contributed by atoms with Gasteiger partial charge in [0.25, 0.3) is 0 Å². The molecule has 1 rings (SSSR count). The second kappa shape index (κ2) is 6.95. The molecule has 104 valence electrons. The Morgan fingerprint density at radius 2 is 2.05 bits per heavy atom. The molecule has 0 aliphatic rings. The van der Waals surface area contributed by atoms with E-state index >= 15 is 0 Å². The molecule has 1 aromatic carbocycles. The first-order valence-electron chi connectivity index (χ1n) is 6.21. The fraction of sp³-hybridized carbons (Fsp3) is 0.400. The van der Waals surface area contributed by atoms with Crippen LogP contribution in [0.1, 0.15) is 22.3 Å². The molecule has 0 atom stereocenters. The van der Waals surface area contributed by atoms with Gasteiger partial charge in [-0.05, 0) is 49.1 Å². The summed E-state index contributed by atoms with van der Waals surface area (Å²) in [6.45, 7) is 7.43. The van der Waals surface area contributed by atoms with Gasteiger partial charge in [0, 0.05) is 19.2 Å². The van der Waals surface area contributed by atoms with E-state index in [2.05, 4.69) is 19.2 Å². The quantitative estimate of drug-likeness (QED) is 0.611. The van der Waals surface area contributed by atoms with Crippen molar-refractivity contribution in [2.45, 2.75) is 27.3 Å². The monoisotopic (exact) mass is 263 g/mol. The first kappa shape index (κ1) is 15.2. The summed E-state index contributed by atoms with van der Waals surface area (Å²) in [4.78, 5) is 10.3. The molecule has 0 radical (unpaired) electrons. The lowest BCUT2D eigenvalue weighted by molar-refractivity contribution is -0.131. The standard InChI is InChI=1S/C15H21NO3/c1-10-8-14(19-4)12(3)11(2)13(10)9-16-7-5-6-15(17)18/h5-6,8,16H,7,9H2,1-4H3,(H,17,18)/b6-5+. The molecule has 0 spiro atoms. The number of carbonyl (C=O) groups is 1. The summed E-state index contributed by atoms with van der Waals surface area (Å²) >= 11 is 0. The van der Waals surface area contributed by atoms with Crippen LogP contribution in [0.2, 0.25) is 0 Å². The van der Waals surface area contributed by atoms with E-state index in [-0.39, 0.29) is 0 Å². The van der Waals surface area contributed by atoms with Crippen LogP contribution < -0.4 is 10.1 Å². The highest BCUT2D eigenvalue weighted by atomic mass is 16.5. The summed E-state index contributed by atoms with van der Waals surface area (Å²) in [5.74, 6) is -0.0148. The Bertz CT molecular complexity index is 493. The molecule has 0 aliphatic heterocycles. The number of rotatable bonds is 6. The van der Waals surface area contributed by atoms with E-state index in [1.54, 1.807) is 13.2 Å². The number of carboxylic acids is 1. The molecular weight excluding hydrogens is 242 g/mol. The summed E-state index contributed by atoms with van der Waals surface area (Å²) in [7, 11) is 1.68. The van der Waals surface area contributed by atoms with Crippen molar-refractivity contribution in [1.82, 2.24) is 5.32 Å². The van der Waals surface area contributed by atoms with Gasteiger partial charge in [0.2, 0.25) is 0 Å². The van der Waals surface area contributed by atoms with Crippen LogP contribution in [0.15, 0.2) is 18.2 Å². The number of hydrogen-bond acceptors (Lipinski definition) is 3. The third-order valence-electron chi connectivity index (χ3n) is 3.25. The van der Waals surface area contributed by atoms with Crippen LogP contribution >= 0.6 is 0 Å². The van der Waals surface area contributed by atoms with Crippen molar-refractivity contribution in [2.24, 2.45) is 0 Å². The lowest BCUT2D eigenvalue weighted by atomic mass is 9.97. The molecule has 4 nitrogen and oxygen atoms in total. The second-order valence-electron chi connectivity index (χ2n) is 4.50. The van der Waals surface area contributed by atoms with Gasteiger partial charge in [0.15, 0.2) is 0 Å². The maximum atomic E-state index is 10.3. The molecule has 0 amide bonds. The van der Waals surface area contributed by atoms with Gasteiger partial charge in [0.05, 0.1) is 7.11 Å². The first-order chi connectivity index (χ1) is 8.97. The molecule has 4 heteroatoms. The number of carboxylic acid groups (broad SMARTS) is 1. The number of hydrogen-bond donors (Lipinski definition) is 2. The predicted molar refractivity (Wildman–Crippen MR) is 75.7 cm³/mol. The van der Waals surface area contributed by atoms with E-state index in [0.29, 0.717) is 13.1 Å². The largest absolute Gasteiger partial charge is 0.496 e. The van der Waals surface area contributed by atoms with Crippen LogP contribution in [0, 0.1) is 20.8 Å². The zero-order valence-electron chi connectivity index (χ0n) is 11.9. The van der Waals surface area contributed by atoms with Crippen molar-refractivity contribution in [3.8, 4) is 5.75 Å². The Kier molecular flexibility index (Phi) is 5.57. The third kappa shape index (κ3) is 4.10. The van der Waals surface area contributed by atoms with Gasteiger partial charge in [-0.25, -0.2) is 4.79 Å². The Hall–Kier alpha value is -1.81. The Balaban J connectivity index is 2.74. The Morgan fingerprint density at radius 1 is 1.37 bits per heavy atom. The van der Waals surface area contributed by atoms with E-state index in [4.69, 9.17) is 9.84 Å². The van der Waals surface area contributed by atoms with Crippen molar-refractivity contribution in [2.75, 3.05) is 13.7 Å². The minimum absolute atomic E-state index is 0.538. The van der Waals surface area contributed by atoms with Crippen LogP contribution in [0.5, 0.6) is 5.75 Å². The minimum Gasteiger partial charge on any atom is -0.496 e. The van der Waals surface area contributed by atoms with Crippen LogP contribution in [-0.2, 0) is 11.3 Å². The third-order valence-corrected chi connectivity index (χ3v) is 3.25. The van der Waals surface area contributed by atoms with Gasteiger partial charge < -0.3 is 15.2 Å². The van der Waals surface area contributed by atoms with Crippen molar-refractivity contribution in [3.05, 3.63) is 40.5 Å². The fourth-order valence-corrected chi connectivity index (χ4v) is 2.02. The molecule has 0 aliphatic carbocycles. The smallest absolute Gasteiger partial charge is 0.328 e. The highest BCUT2D eigenvalue weighted by molar-refractivity contribution is 5.79. The van der Waals surface area contributed by atoms with Crippen molar-refractivity contribution in [3.63, 3.8) is 0 Å². The van der Waals surface area contributed by atoms with Crippen LogP contribution in [-0.4, -0.2) is 24.7 Å². The maximum absolute atomic E-state index is 10.3. The summed E-state index contributed by atoms with van der Waals surface area (Å²) in [6.07, 6.45) is 2.75. The predicted octanol–water partition coefficient (Wildman–Crippen LogP) is 2.35. The Morgan fingerprint density at radius 3 is 2.63 bits per heavy atom. The number of benzene rings is 1. The summed E-state index contributed by atoms with van der Waals surface area (Å²) in [5, 5.41) is 11.7. The van der Waals surface area contributed by atoms with E-state index < -0.39 is 5.97 Å². The van der Waals surface area contributed by atoms with Gasteiger partial charge in [0.1, 0.15) is 5.75 Å². The maximum Gasteiger partial charge on any atom is 0.328 e. The van der Waals surface area contributed by atoms with E-state index in [1.165, 1.54) is 16.7 Å². The van der Waals surface area contributed by atoms with Crippen molar-refractivity contribution < 1.29 is 14.6 Å². The zero-order valence-corrected chi connectivity index (χ0v) is 11.9. The van der Waals surface area contributed by atoms with Gasteiger partial charge in [-0.2, -0.15) is 0 Å². The van der Waals surface area contributed by atoms with E-state index in [1.807, 2.05) is 13.0 Å². The minimum atomic E-state index is -0.922. The Labute approximate surface area is 114 Å². The molecule has 0 bridgehead atoms. The van der Waals surface area contributed by atoms with Gasteiger partial charge in [-0.3, -0.25) is 0 Å². The molecule has 0 unspecified atom stereocenters. The van der Waals surface area contributed by atoms with Gasteiger partial charge >= 0.3 is 5.97 Å². The van der Waals surface area contributed by atoms with Crippen LogP contribution in [0.4, 0.5) is 0 Å². The average molecular weight is 263 g/mol. The first-order valence-corrected chi connectivity index (χ1v) is 6.21. The molecule has 0 fully saturated rings. The molecule has 2 N–H and O–H groups in total. The number of aryl methyl sites for hydroxylation is 1. The molecule has 0 heterocycles. The summed E-state index contributed by atoms with van der Waals surface area (Å²) in [5.41, 5.74) is 4.77. The lowest BCUT2D eigenvalue weighted by Gasteiger charge is -2.16. The van der Waals surface area contributed by atoms with Crippen molar-refractivity contribution >= 4 is 5.97 Å². The van der Waals surface area contributed by atoms with Crippen molar-refractivity contribution in [1.29, 1.82) is 0 Å². The fourth-order valence-electron chi connectivity index (χ4n) is 2.02. The highest BCUT2D eigenvalue weighted by Gasteiger charge is 2.09. The topological polar surface area (TPSA) is 58.6 Å². The number of aliphatic carboxylic acids is 1. The second-order valence-corrected chi connectivity index (χ2v) is 4.50. The molecular formula is C15H21NO3.